The Balaban J connectivity index is 1.49. The summed E-state index contributed by atoms with van der Waals surface area (Å²) in [4.78, 5) is 39.2. The van der Waals surface area contributed by atoms with Gasteiger partial charge in [-0.3, -0.25) is 9.59 Å². The SMILES string of the molecule is CCc1ccccc1N1C(=O)C(Cl)=C(Nc2ccc(C(=O)Oc3ccc(Cl)cc3)cc2)C1=O. The summed E-state index contributed by atoms with van der Waals surface area (Å²) in [6.07, 6.45) is 0.654. The van der Waals surface area contributed by atoms with Gasteiger partial charge in [-0.25, -0.2) is 9.69 Å². The highest BCUT2D eigenvalue weighted by Gasteiger charge is 2.39. The standard InChI is InChI=1S/C25H18Cl2N2O4/c1-2-15-5-3-4-6-20(15)29-23(30)21(27)22(24(29)31)28-18-11-7-16(8-12-18)25(32)33-19-13-9-17(26)10-14-19/h3-14,28H,2H2,1H3. The number of benzene rings is 3. The van der Waals surface area contributed by atoms with Crippen molar-refractivity contribution in [1.29, 1.82) is 0 Å². The molecule has 166 valence electrons. The van der Waals surface area contributed by atoms with Crippen molar-refractivity contribution in [1.82, 2.24) is 0 Å². The second-order valence-electron chi connectivity index (χ2n) is 7.16. The molecule has 0 radical (unpaired) electrons. The first-order chi connectivity index (χ1) is 15.9. The Bertz CT molecular complexity index is 1270. The average Bonchev–Trinajstić information content (AvgIpc) is 3.04. The number of halogens is 2. The van der Waals surface area contributed by atoms with Crippen molar-refractivity contribution in [2.75, 3.05) is 10.2 Å². The van der Waals surface area contributed by atoms with Gasteiger partial charge in [-0.05, 0) is 66.6 Å². The number of rotatable bonds is 6. The molecule has 0 fully saturated rings. The van der Waals surface area contributed by atoms with Crippen LogP contribution in [0.3, 0.4) is 0 Å². The fraction of sp³-hybridized carbons (Fsp3) is 0.0800. The summed E-state index contributed by atoms with van der Waals surface area (Å²) in [6, 6.07) is 19.9. The predicted molar refractivity (Wildman–Crippen MR) is 128 cm³/mol. The summed E-state index contributed by atoms with van der Waals surface area (Å²) in [5.74, 6) is -1.31. The minimum Gasteiger partial charge on any atom is -0.423 e. The Morgan fingerprint density at radius 3 is 2.24 bits per heavy atom. The van der Waals surface area contributed by atoms with Crippen LogP contribution in [0.5, 0.6) is 5.75 Å². The Hall–Kier alpha value is -3.61. The molecule has 0 spiro atoms. The van der Waals surface area contributed by atoms with Gasteiger partial charge in [0.2, 0.25) is 0 Å². The van der Waals surface area contributed by atoms with Crippen molar-refractivity contribution >= 4 is 52.4 Å². The maximum absolute atomic E-state index is 13.0. The lowest BCUT2D eigenvalue weighted by Gasteiger charge is -2.18. The molecular formula is C25H18Cl2N2O4. The molecule has 33 heavy (non-hydrogen) atoms. The normalized spacial score (nSPS) is 13.5. The number of carbonyl (C=O) groups excluding carboxylic acids is 3. The molecule has 0 atom stereocenters. The number of nitrogens with one attached hydrogen (secondary N) is 1. The fourth-order valence-corrected chi connectivity index (χ4v) is 3.70. The first-order valence-corrected chi connectivity index (χ1v) is 10.9. The largest absolute Gasteiger partial charge is 0.423 e. The van der Waals surface area contributed by atoms with E-state index in [1.165, 1.54) is 0 Å². The Kier molecular flexibility index (Phi) is 6.49. The van der Waals surface area contributed by atoms with Crippen molar-refractivity contribution in [3.63, 3.8) is 0 Å². The van der Waals surface area contributed by atoms with Gasteiger partial charge in [0.15, 0.2) is 0 Å². The second-order valence-corrected chi connectivity index (χ2v) is 7.98. The van der Waals surface area contributed by atoms with Crippen LogP contribution in [-0.2, 0) is 16.0 Å². The van der Waals surface area contributed by atoms with E-state index in [0.29, 0.717) is 34.1 Å². The molecule has 1 heterocycles. The maximum Gasteiger partial charge on any atom is 0.343 e. The Morgan fingerprint density at radius 2 is 1.58 bits per heavy atom. The zero-order valence-electron chi connectivity index (χ0n) is 17.5. The summed E-state index contributed by atoms with van der Waals surface area (Å²) >= 11 is 12.1. The Morgan fingerprint density at radius 1 is 0.909 bits per heavy atom. The summed E-state index contributed by atoms with van der Waals surface area (Å²) in [6.45, 7) is 1.94. The van der Waals surface area contributed by atoms with Crippen LogP contribution in [-0.4, -0.2) is 17.8 Å². The number of hydrogen-bond acceptors (Lipinski definition) is 5. The highest BCUT2D eigenvalue weighted by Crippen LogP contribution is 2.32. The highest BCUT2D eigenvalue weighted by molar-refractivity contribution is 6.53. The lowest BCUT2D eigenvalue weighted by molar-refractivity contribution is -0.120. The van der Waals surface area contributed by atoms with Crippen molar-refractivity contribution < 1.29 is 19.1 Å². The van der Waals surface area contributed by atoms with E-state index in [2.05, 4.69) is 5.32 Å². The molecule has 1 N–H and O–H groups in total. The molecule has 0 saturated carbocycles. The van der Waals surface area contributed by atoms with E-state index in [4.69, 9.17) is 27.9 Å². The topological polar surface area (TPSA) is 75.7 Å². The second kappa shape index (κ2) is 9.48. The molecule has 0 saturated heterocycles. The van der Waals surface area contributed by atoms with Crippen LogP contribution < -0.4 is 15.0 Å². The third kappa shape index (κ3) is 4.62. The number of carbonyl (C=O) groups is 3. The molecule has 6 nitrogen and oxygen atoms in total. The van der Waals surface area contributed by atoms with Gasteiger partial charge in [0.25, 0.3) is 11.8 Å². The van der Waals surface area contributed by atoms with Crippen LogP contribution in [0.15, 0.2) is 83.5 Å². The van der Waals surface area contributed by atoms with Crippen molar-refractivity contribution in [2.24, 2.45) is 0 Å². The van der Waals surface area contributed by atoms with Crippen LogP contribution in [0.25, 0.3) is 0 Å². The van der Waals surface area contributed by atoms with Crippen molar-refractivity contribution in [3.8, 4) is 5.75 Å². The fourth-order valence-electron chi connectivity index (χ4n) is 3.36. The monoisotopic (exact) mass is 480 g/mol. The van der Waals surface area contributed by atoms with E-state index in [1.54, 1.807) is 60.7 Å². The molecule has 4 rings (SSSR count). The molecule has 2 amide bonds. The first kappa shape index (κ1) is 22.6. The number of aryl methyl sites for hydroxylation is 1. The molecule has 0 aromatic heterocycles. The number of esters is 1. The van der Waals surface area contributed by atoms with Gasteiger partial charge >= 0.3 is 5.97 Å². The number of para-hydroxylation sites is 1. The number of amides is 2. The molecule has 0 unspecified atom stereocenters. The summed E-state index contributed by atoms with van der Waals surface area (Å²) in [5.41, 5.74) is 2.13. The lowest BCUT2D eigenvalue weighted by Crippen LogP contribution is -2.33. The third-order valence-corrected chi connectivity index (χ3v) is 5.66. The molecule has 3 aromatic carbocycles. The first-order valence-electron chi connectivity index (χ1n) is 10.1. The van der Waals surface area contributed by atoms with Gasteiger partial charge in [0.05, 0.1) is 11.3 Å². The highest BCUT2D eigenvalue weighted by atomic mass is 35.5. The lowest BCUT2D eigenvalue weighted by atomic mass is 10.1. The zero-order chi connectivity index (χ0) is 23.5. The molecule has 3 aromatic rings. The predicted octanol–water partition coefficient (Wildman–Crippen LogP) is 5.56. The van der Waals surface area contributed by atoms with E-state index in [9.17, 15) is 14.4 Å². The molecular weight excluding hydrogens is 463 g/mol. The van der Waals surface area contributed by atoms with Crippen LogP contribution in [0.1, 0.15) is 22.8 Å². The van der Waals surface area contributed by atoms with Crippen molar-refractivity contribution in [3.05, 3.63) is 99.7 Å². The minimum atomic E-state index is -0.590. The molecule has 0 aliphatic carbocycles. The van der Waals surface area contributed by atoms with Gasteiger partial charge in [-0.2, -0.15) is 0 Å². The average molecular weight is 481 g/mol. The van der Waals surface area contributed by atoms with Crippen LogP contribution in [0.4, 0.5) is 11.4 Å². The molecule has 8 heteroatoms. The number of imide groups is 1. The van der Waals surface area contributed by atoms with E-state index in [1.807, 2.05) is 19.1 Å². The quantitative estimate of drug-likeness (QED) is 0.284. The summed E-state index contributed by atoms with van der Waals surface area (Å²) < 4.78 is 5.31. The van der Waals surface area contributed by atoms with Gasteiger partial charge in [-0.15, -0.1) is 0 Å². The van der Waals surface area contributed by atoms with Gasteiger partial charge < -0.3 is 10.1 Å². The maximum atomic E-state index is 13.0. The minimum absolute atomic E-state index is 0.0240. The van der Waals surface area contributed by atoms with Crippen LogP contribution in [0.2, 0.25) is 5.02 Å². The van der Waals surface area contributed by atoms with E-state index in [0.717, 1.165) is 10.5 Å². The Labute approximate surface area is 200 Å². The van der Waals surface area contributed by atoms with Gasteiger partial charge in [-0.1, -0.05) is 48.3 Å². The van der Waals surface area contributed by atoms with Crippen molar-refractivity contribution in [2.45, 2.75) is 13.3 Å². The third-order valence-electron chi connectivity index (χ3n) is 5.05. The molecule has 1 aliphatic heterocycles. The number of ether oxygens (including phenoxy) is 1. The van der Waals surface area contributed by atoms with Crippen LogP contribution in [0, 0.1) is 0 Å². The molecule has 0 bridgehead atoms. The summed E-state index contributed by atoms with van der Waals surface area (Å²) in [7, 11) is 0. The van der Waals surface area contributed by atoms with E-state index in [-0.39, 0.29) is 10.7 Å². The van der Waals surface area contributed by atoms with E-state index < -0.39 is 17.8 Å². The number of hydrogen-bond donors (Lipinski definition) is 1. The van der Waals surface area contributed by atoms with Gasteiger partial charge in [0.1, 0.15) is 16.5 Å². The summed E-state index contributed by atoms with van der Waals surface area (Å²) in [5, 5.41) is 3.24. The van der Waals surface area contributed by atoms with Gasteiger partial charge in [0, 0.05) is 10.7 Å². The van der Waals surface area contributed by atoms with Crippen LogP contribution >= 0.6 is 23.2 Å². The number of nitrogens with zero attached hydrogens (tertiary/aromatic N) is 1. The number of anilines is 2. The zero-order valence-corrected chi connectivity index (χ0v) is 19.0. The smallest absolute Gasteiger partial charge is 0.343 e. The van der Waals surface area contributed by atoms with E-state index >= 15 is 0 Å². The molecule has 1 aliphatic rings.